The lowest BCUT2D eigenvalue weighted by Gasteiger charge is -2.12. The second-order valence-electron chi connectivity index (χ2n) is 2.97. The molecule has 0 saturated carbocycles. The number of hydrogen-bond donors (Lipinski definition) is 1. The summed E-state index contributed by atoms with van der Waals surface area (Å²) in [4.78, 5) is 11.0. The number of halogens is 4. The highest BCUT2D eigenvalue weighted by Crippen LogP contribution is 2.36. The Hall–Kier alpha value is -1.23. The Morgan fingerprint density at radius 1 is 1.40 bits per heavy atom. The zero-order valence-corrected chi connectivity index (χ0v) is 8.41. The van der Waals surface area contributed by atoms with E-state index in [4.69, 9.17) is 17.3 Å². The number of anilines is 1. The van der Waals surface area contributed by atoms with Gasteiger partial charge in [-0.25, -0.2) is 0 Å². The van der Waals surface area contributed by atoms with Crippen LogP contribution < -0.4 is 5.73 Å². The third-order valence-corrected chi connectivity index (χ3v) is 2.15. The van der Waals surface area contributed by atoms with Crippen LogP contribution in [0, 0.1) is 0 Å². The van der Waals surface area contributed by atoms with Crippen LogP contribution in [0.3, 0.4) is 0 Å². The van der Waals surface area contributed by atoms with Gasteiger partial charge in [0.2, 0.25) is 0 Å². The minimum absolute atomic E-state index is 0.0619. The maximum Gasteiger partial charge on any atom is 0.417 e. The van der Waals surface area contributed by atoms with E-state index in [2.05, 4.69) is 0 Å². The molecule has 1 aromatic rings. The standard InChI is InChI=1S/C9H7ClF3NO/c1-4(15)5-2-7(10)8(14)3-6(5)9(11,12)13/h2-3H,14H2,1H3. The van der Waals surface area contributed by atoms with Gasteiger partial charge in [-0.05, 0) is 19.1 Å². The highest BCUT2D eigenvalue weighted by molar-refractivity contribution is 6.33. The Labute approximate surface area is 88.8 Å². The molecule has 0 atom stereocenters. The lowest BCUT2D eigenvalue weighted by molar-refractivity contribution is -0.137. The molecule has 0 aromatic heterocycles. The number of nitrogen functional groups attached to an aromatic ring is 1. The van der Waals surface area contributed by atoms with Crippen LogP contribution in [0.1, 0.15) is 22.8 Å². The number of hydrogen-bond acceptors (Lipinski definition) is 2. The van der Waals surface area contributed by atoms with Gasteiger partial charge in [0, 0.05) is 5.56 Å². The molecule has 0 unspecified atom stereocenters. The molecule has 0 amide bonds. The van der Waals surface area contributed by atoms with Crippen molar-refractivity contribution >= 4 is 23.1 Å². The molecule has 0 heterocycles. The van der Waals surface area contributed by atoms with Gasteiger partial charge in [0.1, 0.15) is 0 Å². The Bertz CT molecular complexity index is 415. The second-order valence-corrected chi connectivity index (χ2v) is 3.38. The molecule has 2 N–H and O–H groups in total. The molecule has 0 aliphatic rings. The molecule has 0 saturated heterocycles. The average Bonchev–Trinajstić information content (AvgIpc) is 2.06. The molecule has 0 fully saturated rings. The van der Waals surface area contributed by atoms with Crippen LogP contribution in [0.5, 0.6) is 0 Å². The fourth-order valence-electron chi connectivity index (χ4n) is 1.12. The van der Waals surface area contributed by atoms with Crippen LogP contribution in [0.15, 0.2) is 12.1 Å². The Kier molecular flexibility index (Phi) is 2.95. The number of benzene rings is 1. The van der Waals surface area contributed by atoms with E-state index in [1.54, 1.807) is 0 Å². The Balaban J connectivity index is 3.49. The van der Waals surface area contributed by atoms with Crippen LogP contribution in [0.4, 0.5) is 18.9 Å². The SMILES string of the molecule is CC(=O)c1cc(Cl)c(N)cc1C(F)(F)F. The van der Waals surface area contributed by atoms with Gasteiger partial charge in [0.05, 0.1) is 16.3 Å². The molecule has 0 radical (unpaired) electrons. The minimum Gasteiger partial charge on any atom is -0.398 e. The summed E-state index contributed by atoms with van der Waals surface area (Å²) >= 11 is 5.54. The normalized spacial score (nSPS) is 11.5. The molecular formula is C9H7ClF3NO. The smallest absolute Gasteiger partial charge is 0.398 e. The predicted molar refractivity (Wildman–Crippen MR) is 50.9 cm³/mol. The van der Waals surface area contributed by atoms with E-state index in [1.807, 2.05) is 0 Å². The van der Waals surface area contributed by atoms with Gasteiger partial charge < -0.3 is 5.73 Å². The highest BCUT2D eigenvalue weighted by Gasteiger charge is 2.35. The molecule has 0 bridgehead atoms. The Morgan fingerprint density at radius 2 is 1.93 bits per heavy atom. The first-order chi connectivity index (χ1) is 6.73. The first-order valence-corrected chi connectivity index (χ1v) is 4.28. The van der Waals surface area contributed by atoms with Crippen LogP contribution in [0.25, 0.3) is 0 Å². The van der Waals surface area contributed by atoms with Gasteiger partial charge in [-0.1, -0.05) is 11.6 Å². The summed E-state index contributed by atoms with van der Waals surface area (Å²) in [6.07, 6.45) is -4.61. The number of ketones is 1. The van der Waals surface area contributed by atoms with Crippen molar-refractivity contribution in [3.63, 3.8) is 0 Å². The van der Waals surface area contributed by atoms with E-state index in [-0.39, 0.29) is 10.7 Å². The van der Waals surface area contributed by atoms with Crippen molar-refractivity contribution in [2.45, 2.75) is 13.1 Å². The maximum absolute atomic E-state index is 12.5. The van der Waals surface area contributed by atoms with Crippen molar-refractivity contribution < 1.29 is 18.0 Å². The molecule has 0 spiro atoms. The third-order valence-electron chi connectivity index (χ3n) is 1.82. The van der Waals surface area contributed by atoms with Crippen molar-refractivity contribution in [1.29, 1.82) is 0 Å². The number of carbonyl (C=O) groups is 1. The zero-order valence-electron chi connectivity index (χ0n) is 7.65. The quantitative estimate of drug-likeness (QED) is 0.602. The first kappa shape index (κ1) is 11.8. The molecule has 1 rings (SSSR count). The molecule has 1 aromatic carbocycles. The largest absolute Gasteiger partial charge is 0.417 e. The van der Waals surface area contributed by atoms with Gasteiger partial charge >= 0.3 is 6.18 Å². The van der Waals surface area contributed by atoms with Crippen LogP contribution in [0.2, 0.25) is 5.02 Å². The predicted octanol–water partition coefficient (Wildman–Crippen LogP) is 3.14. The molecule has 82 valence electrons. The summed E-state index contributed by atoms with van der Waals surface area (Å²) in [5.41, 5.74) is 3.51. The van der Waals surface area contributed by atoms with Crippen molar-refractivity contribution in [2.75, 3.05) is 5.73 Å². The van der Waals surface area contributed by atoms with E-state index in [9.17, 15) is 18.0 Å². The third kappa shape index (κ3) is 2.41. The number of Topliss-reactive ketones (excluding diaryl/α,β-unsaturated/α-hetero) is 1. The summed E-state index contributed by atoms with van der Waals surface area (Å²) in [5, 5.41) is -0.0619. The van der Waals surface area contributed by atoms with E-state index in [0.717, 1.165) is 13.0 Å². The average molecular weight is 238 g/mol. The van der Waals surface area contributed by atoms with Crippen LogP contribution >= 0.6 is 11.6 Å². The van der Waals surface area contributed by atoms with Gasteiger partial charge in [-0.2, -0.15) is 13.2 Å². The highest BCUT2D eigenvalue weighted by atomic mass is 35.5. The van der Waals surface area contributed by atoms with Crippen molar-refractivity contribution in [1.82, 2.24) is 0 Å². The maximum atomic E-state index is 12.5. The molecular weight excluding hydrogens is 231 g/mol. The van der Waals surface area contributed by atoms with Gasteiger partial charge in [-0.15, -0.1) is 0 Å². The summed E-state index contributed by atoms with van der Waals surface area (Å²) in [6, 6.07) is 1.60. The summed E-state index contributed by atoms with van der Waals surface area (Å²) in [5.74, 6) is -0.704. The zero-order chi connectivity index (χ0) is 11.8. The molecule has 15 heavy (non-hydrogen) atoms. The summed E-state index contributed by atoms with van der Waals surface area (Å²) < 4.78 is 37.4. The second kappa shape index (κ2) is 3.73. The van der Waals surface area contributed by atoms with E-state index < -0.39 is 23.1 Å². The van der Waals surface area contributed by atoms with E-state index >= 15 is 0 Å². The van der Waals surface area contributed by atoms with E-state index in [0.29, 0.717) is 6.07 Å². The summed E-state index contributed by atoms with van der Waals surface area (Å²) in [6.45, 7) is 1.04. The van der Waals surface area contributed by atoms with Gasteiger partial charge in [-0.3, -0.25) is 4.79 Å². The monoisotopic (exact) mass is 237 g/mol. The fourth-order valence-corrected chi connectivity index (χ4v) is 1.28. The summed E-state index contributed by atoms with van der Waals surface area (Å²) in [7, 11) is 0. The topological polar surface area (TPSA) is 43.1 Å². The van der Waals surface area contributed by atoms with Gasteiger partial charge in [0.25, 0.3) is 0 Å². The van der Waals surface area contributed by atoms with Crippen molar-refractivity contribution in [2.24, 2.45) is 0 Å². The minimum atomic E-state index is -4.61. The van der Waals surface area contributed by atoms with Crippen molar-refractivity contribution in [3.8, 4) is 0 Å². The molecule has 6 heteroatoms. The van der Waals surface area contributed by atoms with Crippen molar-refractivity contribution in [3.05, 3.63) is 28.3 Å². The lowest BCUT2D eigenvalue weighted by Crippen LogP contribution is -2.12. The Morgan fingerprint density at radius 3 is 2.33 bits per heavy atom. The molecule has 0 aliphatic carbocycles. The number of carbonyl (C=O) groups excluding carboxylic acids is 1. The number of nitrogens with two attached hydrogens (primary N) is 1. The van der Waals surface area contributed by atoms with Crippen LogP contribution in [-0.2, 0) is 6.18 Å². The first-order valence-electron chi connectivity index (χ1n) is 3.90. The lowest BCUT2D eigenvalue weighted by atomic mass is 10.0. The van der Waals surface area contributed by atoms with Gasteiger partial charge in [0.15, 0.2) is 5.78 Å². The van der Waals surface area contributed by atoms with E-state index in [1.165, 1.54) is 0 Å². The molecule has 2 nitrogen and oxygen atoms in total. The van der Waals surface area contributed by atoms with Crippen LogP contribution in [-0.4, -0.2) is 5.78 Å². The number of alkyl halides is 3. The molecule has 0 aliphatic heterocycles. The number of rotatable bonds is 1. The fraction of sp³-hybridized carbons (Fsp3) is 0.222.